The van der Waals surface area contributed by atoms with Crippen molar-refractivity contribution in [2.45, 2.75) is 64.0 Å². The van der Waals surface area contributed by atoms with Gasteiger partial charge in [-0.1, -0.05) is 19.3 Å². The highest BCUT2D eigenvalue weighted by Gasteiger charge is 2.38. The third kappa shape index (κ3) is 3.44. The van der Waals surface area contributed by atoms with Crippen molar-refractivity contribution < 1.29 is 4.79 Å². The smallest absolute Gasteiger partial charge is 0.242 e. The summed E-state index contributed by atoms with van der Waals surface area (Å²) in [5.74, 6) is 0.0300. The number of amides is 1. The SMILES string of the molecule is CC(C)N(CCC#N)C(=O)C1(N)CCCCC1. The molecule has 4 heteroatoms. The molecule has 0 spiro atoms. The fourth-order valence-corrected chi connectivity index (χ4v) is 2.45. The molecule has 0 aromatic carbocycles. The first kappa shape index (κ1) is 14.0. The molecule has 2 N–H and O–H groups in total. The number of nitrogens with two attached hydrogens (primary N) is 1. The van der Waals surface area contributed by atoms with Crippen molar-refractivity contribution in [2.75, 3.05) is 6.54 Å². The van der Waals surface area contributed by atoms with Gasteiger partial charge in [0.25, 0.3) is 0 Å². The lowest BCUT2D eigenvalue weighted by Crippen LogP contribution is -2.58. The van der Waals surface area contributed by atoms with Crippen LogP contribution in [0.15, 0.2) is 0 Å². The molecular weight excluding hydrogens is 214 g/mol. The van der Waals surface area contributed by atoms with Crippen LogP contribution in [-0.4, -0.2) is 28.9 Å². The van der Waals surface area contributed by atoms with Crippen LogP contribution in [0.4, 0.5) is 0 Å². The van der Waals surface area contributed by atoms with Crippen molar-refractivity contribution in [3.05, 3.63) is 0 Å². The highest BCUT2D eigenvalue weighted by Crippen LogP contribution is 2.28. The number of carbonyl (C=O) groups is 1. The maximum absolute atomic E-state index is 12.5. The van der Waals surface area contributed by atoms with E-state index in [4.69, 9.17) is 11.0 Å². The van der Waals surface area contributed by atoms with Gasteiger partial charge in [0.1, 0.15) is 0 Å². The molecule has 0 radical (unpaired) electrons. The Balaban J connectivity index is 2.72. The van der Waals surface area contributed by atoms with Crippen molar-refractivity contribution >= 4 is 5.91 Å². The maximum atomic E-state index is 12.5. The zero-order chi connectivity index (χ0) is 12.9. The van der Waals surface area contributed by atoms with Gasteiger partial charge in [0.05, 0.1) is 18.0 Å². The minimum absolute atomic E-state index is 0.0300. The van der Waals surface area contributed by atoms with Gasteiger partial charge in [0.2, 0.25) is 5.91 Å². The zero-order valence-electron chi connectivity index (χ0n) is 10.9. The van der Waals surface area contributed by atoms with Gasteiger partial charge in [-0.05, 0) is 26.7 Å². The molecule has 17 heavy (non-hydrogen) atoms. The molecule has 96 valence electrons. The largest absolute Gasteiger partial charge is 0.338 e. The molecule has 1 aliphatic carbocycles. The molecule has 0 heterocycles. The first-order valence-corrected chi connectivity index (χ1v) is 6.48. The van der Waals surface area contributed by atoms with E-state index in [0.29, 0.717) is 13.0 Å². The van der Waals surface area contributed by atoms with E-state index in [1.165, 1.54) is 6.42 Å². The fraction of sp³-hybridized carbons (Fsp3) is 0.846. The highest BCUT2D eigenvalue weighted by atomic mass is 16.2. The molecule has 0 atom stereocenters. The number of rotatable bonds is 4. The van der Waals surface area contributed by atoms with Gasteiger partial charge in [-0.15, -0.1) is 0 Å². The van der Waals surface area contributed by atoms with Crippen LogP contribution in [0.5, 0.6) is 0 Å². The van der Waals surface area contributed by atoms with Crippen molar-refractivity contribution in [1.29, 1.82) is 5.26 Å². The highest BCUT2D eigenvalue weighted by molar-refractivity contribution is 5.86. The lowest BCUT2D eigenvalue weighted by Gasteiger charge is -2.38. The van der Waals surface area contributed by atoms with E-state index >= 15 is 0 Å². The van der Waals surface area contributed by atoms with Crippen molar-refractivity contribution in [3.8, 4) is 6.07 Å². The number of hydrogen-bond donors (Lipinski definition) is 1. The Labute approximate surface area is 104 Å². The van der Waals surface area contributed by atoms with Gasteiger partial charge in [-0.25, -0.2) is 0 Å². The van der Waals surface area contributed by atoms with Crippen LogP contribution in [0, 0.1) is 11.3 Å². The average Bonchev–Trinajstić information content (AvgIpc) is 2.30. The quantitative estimate of drug-likeness (QED) is 0.810. The van der Waals surface area contributed by atoms with Crippen LogP contribution >= 0.6 is 0 Å². The zero-order valence-corrected chi connectivity index (χ0v) is 10.9. The van der Waals surface area contributed by atoms with Crippen molar-refractivity contribution in [1.82, 2.24) is 4.90 Å². The summed E-state index contributed by atoms with van der Waals surface area (Å²) >= 11 is 0. The number of nitrogens with zero attached hydrogens (tertiary/aromatic N) is 2. The Bertz CT molecular complexity index is 300. The molecule has 4 nitrogen and oxygen atoms in total. The molecule has 1 fully saturated rings. The molecule has 0 saturated heterocycles. The third-order valence-corrected chi connectivity index (χ3v) is 3.52. The summed E-state index contributed by atoms with van der Waals surface area (Å²) in [5, 5.41) is 8.63. The maximum Gasteiger partial charge on any atom is 0.242 e. The third-order valence-electron chi connectivity index (χ3n) is 3.52. The summed E-state index contributed by atoms with van der Waals surface area (Å²) in [4.78, 5) is 14.2. The van der Waals surface area contributed by atoms with Crippen LogP contribution in [-0.2, 0) is 4.79 Å². The molecule has 0 unspecified atom stereocenters. The Morgan fingerprint density at radius 1 is 1.41 bits per heavy atom. The predicted molar refractivity (Wildman–Crippen MR) is 67.1 cm³/mol. The first-order chi connectivity index (χ1) is 8.01. The van der Waals surface area contributed by atoms with Crippen molar-refractivity contribution in [3.63, 3.8) is 0 Å². The fourth-order valence-electron chi connectivity index (χ4n) is 2.45. The Morgan fingerprint density at radius 3 is 2.47 bits per heavy atom. The minimum Gasteiger partial charge on any atom is -0.338 e. The van der Waals surface area contributed by atoms with E-state index in [2.05, 4.69) is 6.07 Å². The van der Waals surface area contributed by atoms with Crippen LogP contribution in [0.25, 0.3) is 0 Å². The van der Waals surface area contributed by atoms with Crippen LogP contribution in [0.1, 0.15) is 52.4 Å². The first-order valence-electron chi connectivity index (χ1n) is 6.48. The normalized spacial score (nSPS) is 18.8. The minimum atomic E-state index is -0.683. The number of carbonyl (C=O) groups excluding carboxylic acids is 1. The molecule has 0 aliphatic heterocycles. The van der Waals surface area contributed by atoms with Gasteiger partial charge in [-0.3, -0.25) is 4.79 Å². The summed E-state index contributed by atoms with van der Waals surface area (Å²) in [6, 6.07) is 2.20. The molecule has 0 bridgehead atoms. The van der Waals surface area contributed by atoms with E-state index in [-0.39, 0.29) is 11.9 Å². The summed E-state index contributed by atoms with van der Waals surface area (Å²) in [6.07, 6.45) is 5.17. The van der Waals surface area contributed by atoms with E-state index in [0.717, 1.165) is 25.7 Å². The monoisotopic (exact) mass is 237 g/mol. The summed E-state index contributed by atoms with van der Waals surface area (Å²) < 4.78 is 0. The lowest BCUT2D eigenvalue weighted by molar-refractivity contribution is -0.140. The molecular formula is C13H23N3O. The average molecular weight is 237 g/mol. The molecule has 0 aromatic heterocycles. The van der Waals surface area contributed by atoms with Gasteiger partial charge in [0, 0.05) is 12.6 Å². The Kier molecular flexibility index (Phi) is 4.95. The topological polar surface area (TPSA) is 70.1 Å². The summed E-state index contributed by atoms with van der Waals surface area (Å²) in [6.45, 7) is 4.44. The van der Waals surface area contributed by atoms with Crippen molar-refractivity contribution in [2.24, 2.45) is 5.73 Å². The molecule has 1 rings (SSSR count). The van der Waals surface area contributed by atoms with Gasteiger partial charge in [0.15, 0.2) is 0 Å². The molecule has 1 saturated carbocycles. The van der Waals surface area contributed by atoms with Gasteiger partial charge >= 0.3 is 0 Å². The van der Waals surface area contributed by atoms with Crippen LogP contribution in [0.2, 0.25) is 0 Å². The number of hydrogen-bond acceptors (Lipinski definition) is 3. The molecule has 1 amide bonds. The molecule has 0 aromatic rings. The van der Waals surface area contributed by atoms with Crippen LogP contribution < -0.4 is 5.73 Å². The standard InChI is InChI=1S/C13H23N3O/c1-11(2)16(10-6-9-14)12(17)13(15)7-4-3-5-8-13/h11H,3-8,10,15H2,1-2H3. The van der Waals surface area contributed by atoms with E-state index < -0.39 is 5.54 Å². The summed E-state index contributed by atoms with van der Waals surface area (Å²) in [7, 11) is 0. The van der Waals surface area contributed by atoms with E-state index in [1.807, 2.05) is 13.8 Å². The summed E-state index contributed by atoms with van der Waals surface area (Å²) in [5.41, 5.74) is 5.56. The second-order valence-corrected chi connectivity index (χ2v) is 5.22. The lowest BCUT2D eigenvalue weighted by atomic mass is 9.81. The van der Waals surface area contributed by atoms with Crippen LogP contribution in [0.3, 0.4) is 0 Å². The van der Waals surface area contributed by atoms with E-state index in [1.54, 1.807) is 4.90 Å². The molecule has 1 aliphatic rings. The number of nitriles is 1. The predicted octanol–water partition coefficient (Wildman–Crippen LogP) is 1.80. The van der Waals surface area contributed by atoms with Gasteiger partial charge < -0.3 is 10.6 Å². The Hall–Kier alpha value is -1.08. The Morgan fingerprint density at radius 2 is 2.00 bits per heavy atom. The second kappa shape index (κ2) is 6.02. The van der Waals surface area contributed by atoms with Gasteiger partial charge in [-0.2, -0.15) is 5.26 Å². The second-order valence-electron chi connectivity index (χ2n) is 5.22. The van der Waals surface area contributed by atoms with E-state index in [9.17, 15) is 4.79 Å².